The Morgan fingerprint density at radius 3 is 2.67 bits per heavy atom. The standard InChI is InChI=1S/C9H15FN2/c10-8-3-1-7(2-4-8)9(12)5-6-11/h1,3,9H,2,4-6,11-12H2. The number of hydrogen-bond acceptors (Lipinski definition) is 2. The van der Waals surface area contributed by atoms with Gasteiger partial charge in [0.25, 0.3) is 0 Å². The van der Waals surface area contributed by atoms with E-state index >= 15 is 0 Å². The quantitative estimate of drug-likeness (QED) is 0.669. The van der Waals surface area contributed by atoms with Crippen LogP contribution in [0, 0.1) is 0 Å². The Labute approximate surface area is 72.1 Å². The Kier molecular flexibility index (Phi) is 3.44. The lowest BCUT2D eigenvalue weighted by atomic mass is 9.96. The lowest BCUT2D eigenvalue weighted by Crippen LogP contribution is -2.26. The van der Waals surface area contributed by atoms with E-state index in [1.165, 1.54) is 6.08 Å². The van der Waals surface area contributed by atoms with Crippen LogP contribution in [-0.2, 0) is 0 Å². The molecule has 0 bridgehead atoms. The van der Waals surface area contributed by atoms with Crippen LogP contribution in [0.3, 0.4) is 0 Å². The van der Waals surface area contributed by atoms with Crippen molar-refractivity contribution in [2.45, 2.75) is 25.3 Å². The van der Waals surface area contributed by atoms with E-state index < -0.39 is 0 Å². The zero-order chi connectivity index (χ0) is 8.97. The van der Waals surface area contributed by atoms with Crippen molar-refractivity contribution >= 4 is 0 Å². The van der Waals surface area contributed by atoms with Gasteiger partial charge in [0.1, 0.15) is 5.83 Å². The van der Waals surface area contributed by atoms with Crippen molar-refractivity contribution in [1.29, 1.82) is 0 Å². The van der Waals surface area contributed by atoms with Gasteiger partial charge in [-0.1, -0.05) is 11.6 Å². The Balaban J connectivity index is 2.52. The first-order valence-corrected chi connectivity index (χ1v) is 4.25. The van der Waals surface area contributed by atoms with Crippen molar-refractivity contribution in [3.8, 4) is 0 Å². The van der Waals surface area contributed by atoms with Crippen molar-refractivity contribution in [2.75, 3.05) is 6.54 Å². The number of hydrogen-bond donors (Lipinski definition) is 2. The first-order valence-electron chi connectivity index (χ1n) is 4.25. The maximum Gasteiger partial charge on any atom is 0.100 e. The molecule has 1 aliphatic carbocycles. The number of nitrogens with two attached hydrogens (primary N) is 2. The topological polar surface area (TPSA) is 52.0 Å². The fourth-order valence-electron chi connectivity index (χ4n) is 1.30. The zero-order valence-electron chi connectivity index (χ0n) is 7.09. The summed E-state index contributed by atoms with van der Waals surface area (Å²) in [5, 5.41) is 0. The molecule has 12 heavy (non-hydrogen) atoms. The molecule has 0 aromatic rings. The molecule has 0 fully saturated rings. The van der Waals surface area contributed by atoms with E-state index in [0.717, 1.165) is 18.4 Å². The van der Waals surface area contributed by atoms with Gasteiger partial charge in [-0.3, -0.25) is 0 Å². The minimum Gasteiger partial charge on any atom is -0.330 e. The molecule has 0 saturated heterocycles. The molecule has 2 nitrogen and oxygen atoms in total. The van der Waals surface area contributed by atoms with E-state index in [1.807, 2.05) is 0 Å². The van der Waals surface area contributed by atoms with E-state index in [4.69, 9.17) is 11.5 Å². The molecule has 3 heteroatoms. The van der Waals surface area contributed by atoms with Crippen LogP contribution in [0.1, 0.15) is 19.3 Å². The van der Waals surface area contributed by atoms with E-state index in [1.54, 1.807) is 6.08 Å². The average molecular weight is 170 g/mol. The third kappa shape index (κ3) is 2.43. The van der Waals surface area contributed by atoms with Gasteiger partial charge in [0.2, 0.25) is 0 Å². The highest BCUT2D eigenvalue weighted by Crippen LogP contribution is 2.21. The average Bonchev–Trinajstić information content (AvgIpc) is 2.06. The second-order valence-electron chi connectivity index (χ2n) is 3.04. The molecule has 0 saturated carbocycles. The Morgan fingerprint density at radius 2 is 2.17 bits per heavy atom. The fraction of sp³-hybridized carbons (Fsp3) is 0.556. The molecule has 1 rings (SSSR count). The molecular weight excluding hydrogens is 155 g/mol. The SMILES string of the molecule is NCCC(N)C1=CC=C(F)CC1. The molecule has 0 aromatic heterocycles. The van der Waals surface area contributed by atoms with E-state index in [2.05, 4.69) is 0 Å². The Morgan fingerprint density at radius 1 is 1.42 bits per heavy atom. The van der Waals surface area contributed by atoms with Gasteiger partial charge in [-0.25, -0.2) is 4.39 Å². The van der Waals surface area contributed by atoms with Gasteiger partial charge in [0.15, 0.2) is 0 Å². The second-order valence-corrected chi connectivity index (χ2v) is 3.04. The first kappa shape index (κ1) is 9.42. The predicted octanol–water partition coefficient (Wildman–Crippen LogP) is 1.24. The van der Waals surface area contributed by atoms with Crippen LogP contribution in [0.15, 0.2) is 23.6 Å². The molecule has 1 aliphatic rings. The summed E-state index contributed by atoms with van der Waals surface area (Å²) < 4.78 is 12.6. The molecule has 0 amide bonds. The van der Waals surface area contributed by atoms with Crippen molar-refractivity contribution in [3.05, 3.63) is 23.6 Å². The van der Waals surface area contributed by atoms with Crippen LogP contribution >= 0.6 is 0 Å². The molecule has 0 radical (unpaired) electrons. The third-order valence-electron chi connectivity index (χ3n) is 2.08. The van der Waals surface area contributed by atoms with Crippen LogP contribution in [-0.4, -0.2) is 12.6 Å². The normalized spacial score (nSPS) is 19.9. The summed E-state index contributed by atoms with van der Waals surface area (Å²) in [6, 6.07) is 0.0133. The van der Waals surface area contributed by atoms with Crippen LogP contribution in [0.25, 0.3) is 0 Å². The van der Waals surface area contributed by atoms with Crippen molar-refractivity contribution in [3.63, 3.8) is 0 Å². The molecule has 0 aliphatic heterocycles. The zero-order valence-corrected chi connectivity index (χ0v) is 7.09. The summed E-state index contributed by atoms with van der Waals surface area (Å²) in [4.78, 5) is 0. The lowest BCUT2D eigenvalue weighted by Gasteiger charge is -2.16. The second kappa shape index (κ2) is 4.38. The minimum absolute atomic E-state index is 0.0133. The number of allylic oxidation sites excluding steroid dienone is 3. The molecule has 1 unspecified atom stereocenters. The van der Waals surface area contributed by atoms with Crippen molar-refractivity contribution in [1.82, 2.24) is 0 Å². The van der Waals surface area contributed by atoms with Crippen LogP contribution in [0.5, 0.6) is 0 Å². The smallest absolute Gasteiger partial charge is 0.100 e. The maximum absolute atomic E-state index is 12.6. The highest BCUT2D eigenvalue weighted by Gasteiger charge is 2.11. The van der Waals surface area contributed by atoms with Gasteiger partial charge in [-0.2, -0.15) is 0 Å². The summed E-state index contributed by atoms with van der Waals surface area (Å²) in [6.07, 6.45) is 5.28. The van der Waals surface area contributed by atoms with E-state index in [9.17, 15) is 4.39 Å². The van der Waals surface area contributed by atoms with E-state index in [-0.39, 0.29) is 11.9 Å². The Bertz CT molecular complexity index is 209. The molecule has 1 atom stereocenters. The van der Waals surface area contributed by atoms with Crippen molar-refractivity contribution in [2.24, 2.45) is 11.5 Å². The summed E-state index contributed by atoms with van der Waals surface area (Å²) in [5.41, 5.74) is 12.3. The van der Waals surface area contributed by atoms with Crippen molar-refractivity contribution < 1.29 is 4.39 Å². The van der Waals surface area contributed by atoms with Crippen LogP contribution in [0.4, 0.5) is 4.39 Å². The van der Waals surface area contributed by atoms with E-state index in [0.29, 0.717) is 13.0 Å². The largest absolute Gasteiger partial charge is 0.330 e. The van der Waals surface area contributed by atoms with Gasteiger partial charge in [0.05, 0.1) is 0 Å². The molecule has 0 heterocycles. The first-order chi connectivity index (χ1) is 5.74. The molecule has 0 spiro atoms. The highest BCUT2D eigenvalue weighted by molar-refractivity contribution is 5.24. The minimum atomic E-state index is -0.0568. The summed E-state index contributed by atoms with van der Waals surface area (Å²) >= 11 is 0. The summed E-state index contributed by atoms with van der Waals surface area (Å²) in [7, 11) is 0. The van der Waals surface area contributed by atoms with Gasteiger partial charge < -0.3 is 11.5 Å². The van der Waals surface area contributed by atoms with Crippen LogP contribution < -0.4 is 11.5 Å². The summed E-state index contributed by atoms with van der Waals surface area (Å²) in [6.45, 7) is 0.588. The van der Waals surface area contributed by atoms with Gasteiger partial charge >= 0.3 is 0 Å². The summed E-state index contributed by atoms with van der Waals surface area (Å²) in [5.74, 6) is -0.0568. The third-order valence-corrected chi connectivity index (χ3v) is 2.08. The van der Waals surface area contributed by atoms with Gasteiger partial charge in [0, 0.05) is 12.5 Å². The maximum atomic E-state index is 12.6. The molecule has 4 N–H and O–H groups in total. The number of rotatable bonds is 3. The number of halogens is 1. The predicted molar refractivity (Wildman–Crippen MR) is 48.2 cm³/mol. The Hall–Kier alpha value is -0.670. The molecule has 68 valence electrons. The monoisotopic (exact) mass is 170 g/mol. The highest BCUT2D eigenvalue weighted by atomic mass is 19.1. The van der Waals surface area contributed by atoms with Crippen LogP contribution in [0.2, 0.25) is 0 Å². The fourth-order valence-corrected chi connectivity index (χ4v) is 1.30. The molecule has 0 aromatic carbocycles. The lowest BCUT2D eigenvalue weighted by molar-refractivity contribution is 0.564. The van der Waals surface area contributed by atoms with Gasteiger partial charge in [-0.05, 0) is 25.5 Å². The molecular formula is C9H15FN2. The van der Waals surface area contributed by atoms with Gasteiger partial charge in [-0.15, -0.1) is 0 Å².